The normalized spacial score (nSPS) is 10.8. The lowest BCUT2D eigenvalue weighted by atomic mass is 10.0. The van der Waals surface area contributed by atoms with E-state index in [1.54, 1.807) is 0 Å². The van der Waals surface area contributed by atoms with Gasteiger partial charge in [0.15, 0.2) is 0 Å². The molecular formula is C13H27NO2. The molecule has 1 N–H and O–H groups in total. The first-order valence-electron chi connectivity index (χ1n) is 6.58. The van der Waals surface area contributed by atoms with Crippen molar-refractivity contribution in [3.8, 4) is 0 Å². The first-order valence-corrected chi connectivity index (χ1v) is 6.58. The van der Waals surface area contributed by atoms with Gasteiger partial charge in [-0.05, 0) is 25.7 Å². The van der Waals surface area contributed by atoms with Crippen LogP contribution < -0.4 is 0 Å². The first-order chi connectivity index (χ1) is 7.69. The summed E-state index contributed by atoms with van der Waals surface area (Å²) in [5.41, 5.74) is 0. The highest BCUT2D eigenvalue weighted by molar-refractivity contribution is 5.76. The molecule has 0 bridgehead atoms. The van der Waals surface area contributed by atoms with Gasteiger partial charge in [-0.15, -0.1) is 0 Å². The van der Waals surface area contributed by atoms with Crippen molar-refractivity contribution in [2.45, 2.75) is 52.9 Å². The van der Waals surface area contributed by atoms with Gasteiger partial charge < -0.3 is 10.0 Å². The monoisotopic (exact) mass is 229 g/mol. The summed E-state index contributed by atoms with van der Waals surface area (Å²) in [5, 5.41) is 8.67. The van der Waals surface area contributed by atoms with Crippen LogP contribution in [0, 0.1) is 5.92 Å². The summed E-state index contributed by atoms with van der Waals surface area (Å²) in [6.45, 7) is 8.27. The average Bonchev–Trinajstić information content (AvgIpc) is 2.31. The minimum Gasteiger partial charge on any atom is -0.396 e. The van der Waals surface area contributed by atoms with E-state index < -0.39 is 0 Å². The molecule has 0 saturated carbocycles. The van der Waals surface area contributed by atoms with Crippen LogP contribution in [0.15, 0.2) is 0 Å². The second-order valence-corrected chi connectivity index (χ2v) is 4.30. The molecule has 0 rings (SSSR count). The fourth-order valence-electron chi connectivity index (χ4n) is 1.81. The van der Waals surface area contributed by atoms with E-state index in [9.17, 15) is 4.79 Å². The number of aliphatic hydroxyl groups is 1. The van der Waals surface area contributed by atoms with Gasteiger partial charge in [0, 0.05) is 26.1 Å². The topological polar surface area (TPSA) is 40.5 Å². The Morgan fingerprint density at radius 1 is 1.19 bits per heavy atom. The van der Waals surface area contributed by atoms with Crippen molar-refractivity contribution < 1.29 is 9.90 Å². The van der Waals surface area contributed by atoms with E-state index in [-0.39, 0.29) is 12.5 Å². The van der Waals surface area contributed by atoms with Gasteiger partial charge in [0.2, 0.25) is 5.91 Å². The molecule has 3 heteroatoms. The van der Waals surface area contributed by atoms with Gasteiger partial charge in [0.25, 0.3) is 0 Å². The number of aliphatic hydroxyl groups excluding tert-OH is 1. The molecule has 0 atom stereocenters. The molecule has 0 heterocycles. The second kappa shape index (κ2) is 9.64. The number of rotatable bonds is 9. The van der Waals surface area contributed by atoms with Crippen LogP contribution in [0.25, 0.3) is 0 Å². The van der Waals surface area contributed by atoms with E-state index in [0.29, 0.717) is 12.3 Å². The molecule has 0 fully saturated rings. The third-order valence-electron chi connectivity index (χ3n) is 3.17. The zero-order valence-corrected chi connectivity index (χ0v) is 11.0. The van der Waals surface area contributed by atoms with Crippen LogP contribution in [-0.2, 0) is 4.79 Å². The number of carbonyl (C=O) groups excluding carboxylic acids is 1. The van der Waals surface area contributed by atoms with E-state index in [0.717, 1.165) is 38.8 Å². The van der Waals surface area contributed by atoms with Crippen molar-refractivity contribution >= 4 is 5.91 Å². The van der Waals surface area contributed by atoms with Crippen molar-refractivity contribution in [1.29, 1.82) is 0 Å². The summed E-state index contributed by atoms with van der Waals surface area (Å²) in [4.78, 5) is 13.8. The maximum atomic E-state index is 11.9. The minimum absolute atomic E-state index is 0.186. The number of unbranched alkanes of at least 4 members (excludes halogenated alkanes) is 1. The number of amides is 1. The number of hydrogen-bond donors (Lipinski definition) is 1. The van der Waals surface area contributed by atoms with Crippen LogP contribution in [0.4, 0.5) is 0 Å². The van der Waals surface area contributed by atoms with E-state index in [1.807, 2.05) is 11.8 Å². The highest BCUT2D eigenvalue weighted by Crippen LogP contribution is 2.11. The molecule has 0 aliphatic rings. The van der Waals surface area contributed by atoms with Gasteiger partial charge in [-0.25, -0.2) is 0 Å². The lowest BCUT2D eigenvalue weighted by Gasteiger charge is -2.25. The van der Waals surface area contributed by atoms with Crippen molar-refractivity contribution in [3.05, 3.63) is 0 Å². The molecule has 3 nitrogen and oxygen atoms in total. The standard InChI is InChI=1S/C13H27NO2/c1-4-12(5-2)11-14(6-3)13(16)9-7-8-10-15/h12,15H,4-11H2,1-3H3. The quantitative estimate of drug-likeness (QED) is 0.617. The Kier molecular flexibility index (Phi) is 9.30. The van der Waals surface area contributed by atoms with Crippen LogP contribution in [0.3, 0.4) is 0 Å². The summed E-state index contributed by atoms with van der Waals surface area (Å²) in [6.07, 6.45) is 4.38. The Labute approximate surface area is 99.8 Å². The van der Waals surface area contributed by atoms with Crippen LogP contribution in [0.1, 0.15) is 52.9 Å². The SMILES string of the molecule is CCC(CC)CN(CC)C(=O)CCCCO. The molecule has 0 aliphatic carbocycles. The largest absolute Gasteiger partial charge is 0.396 e. The van der Waals surface area contributed by atoms with E-state index in [2.05, 4.69) is 13.8 Å². The van der Waals surface area contributed by atoms with E-state index in [4.69, 9.17) is 5.11 Å². The van der Waals surface area contributed by atoms with Crippen LogP contribution in [0.5, 0.6) is 0 Å². The van der Waals surface area contributed by atoms with E-state index >= 15 is 0 Å². The molecule has 1 amide bonds. The molecule has 0 aliphatic heterocycles. The van der Waals surface area contributed by atoms with E-state index in [1.165, 1.54) is 0 Å². The van der Waals surface area contributed by atoms with Gasteiger partial charge in [-0.3, -0.25) is 4.79 Å². The van der Waals surface area contributed by atoms with Crippen molar-refractivity contribution in [3.63, 3.8) is 0 Å². The number of carbonyl (C=O) groups is 1. The summed E-state index contributed by atoms with van der Waals surface area (Å²) in [6, 6.07) is 0. The third-order valence-corrected chi connectivity index (χ3v) is 3.17. The van der Waals surface area contributed by atoms with Crippen LogP contribution >= 0.6 is 0 Å². The second-order valence-electron chi connectivity index (χ2n) is 4.30. The Balaban J connectivity index is 4.00. The smallest absolute Gasteiger partial charge is 0.222 e. The Morgan fingerprint density at radius 3 is 2.25 bits per heavy atom. The molecule has 0 radical (unpaired) electrons. The molecule has 0 unspecified atom stereocenters. The fourth-order valence-corrected chi connectivity index (χ4v) is 1.81. The molecule has 0 saturated heterocycles. The molecule has 0 aromatic heterocycles. The lowest BCUT2D eigenvalue weighted by molar-refractivity contribution is -0.131. The fraction of sp³-hybridized carbons (Fsp3) is 0.923. The summed E-state index contributed by atoms with van der Waals surface area (Å²) in [7, 11) is 0. The Morgan fingerprint density at radius 2 is 1.81 bits per heavy atom. The predicted molar refractivity (Wildman–Crippen MR) is 67.3 cm³/mol. The number of hydrogen-bond acceptors (Lipinski definition) is 2. The summed E-state index contributed by atoms with van der Waals surface area (Å²) >= 11 is 0. The van der Waals surface area contributed by atoms with Gasteiger partial charge >= 0.3 is 0 Å². The van der Waals surface area contributed by atoms with Crippen molar-refractivity contribution in [2.75, 3.05) is 19.7 Å². The third kappa shape index (κ3) is 6.11. The minimum atomic E-state index is 0.186. The van der Waals surface area contributed by atoms with Gasteiger partial charge in [0.1, 0.15) is 0 Å². The average molecular weight is 229 g/mol. The Hall–Kier alpha value is -0.570. The molecule has 96 valence electrons. The zero-order valence-electron chi connectivity index (χ0n) is 11.0. The van der Waals surface area contributed by atoms with Gasteiger partial charge in [-0.2, -0.15) is 0 Å². The lowest BCUT2D eigenvalue weighted by Crippen LogP contribution is -2.34. The zero-order chi connectivity index (χ0) is 12.4. The molecular weight excluding hydrogens is 202 g/mol. The maximum absolute atomic E-state index is 11.9. The molecule has 0 aromatic rings. The van der Waals surface area contributed by atoms with Crippen molar-refractivity contribution in [1.82, 2.24) is 4.90 Å². The summed E-state index contributed by atoms with van der Waals surface area (Å²) < 4.78 is 0. The summed E-state index contributed by atoms with van der Waals surface area (Å²) in [5.74, 6) is 0.865. The highest BCUT2D eigenvalue weighted by atomic mass is 16.3. The first kappa shape index (κ1) is 15.4. The van der Waals surface area contributed by atoms with Crippen LogP contribution in [-0.4, -0.2) is 35.6 Å². The molecule has 0 spiro atoms. The maximum Gasteiger partial charge on any atom is 0.222 e. The highest BCUT2D eigenvalue weighted by Gasteiger charge is 2.14. The molecule has 0 aromatic carbocycles. The van der Waals surface area contributed by atoms with Crippen LogP contribution in [0.2, 0.25) is 0 Å². The van der Waals surface area contributed by atoms with Gasteiger partial charge in [0.05, 0.1) is 0 Å². The van der Waals surface area contributed by atoms with Crippen molar-refractivity contribution in [2.24, 2.45) is 5.92 Å². The molecule has 16 heavy (non-hydrogen) atoms. The predicted octanol–water partition coefficient (Wildman–Crippen LogP) is 2.43. The number of nitrogens with zero attached hydrogens (tertiary/aromatic N) is 1. The van der Waals surface area contributed by atoms with Gasteiger partial charge in [-0.1, -0.05) is 26.7 Å². The Bertz CT molecular complexity index is 179.